The smallest absolute Gasteiger partial charge is 0.317 e. The molecule has 2 aromatic carbocycles. The number of piperidine rings is 2. The van der Waals surface area contributed by atoms with Crippen molar-refractivity contribution in [2.75, 3.05) is 67.1 Å². The van der Waals surface area contributed by atoms with Crippen LogP contribution in [0.3, 0.4) is 0 Å². The first-order valence-corrected chi connectivity index (χ1v) is 21.3. The lowest BCUT2D eigenvalue weighted by molar-refractivity contribution is -0.0559. The SMILES string of the molecule is CNC[C@H](CC(C)C)NC(=O)N1CCCCC1.CNC[C@H](CC(C)C)NC(=O)N1CCC[C@@H]([C@@](O)(CCCCOC)c2ccccc2-c2ccc(Cl)cc2)C1. The highest BCUT2D eigenvalue weighted by Gasteiger charge is 2.42. The topological polar surface area (TPSA) is 118 Å². The van der Waals surface area contributed by atoms with Gasteiger partial charge in [-0.15, -0.1) is 0 Å². The van der Waals surface area contributed by atoms with E-state index in [0.29, 0.717) is 43.0 Å². The number of urea groups is 2. The zero-order valence-electron chi connectivity index (χ0n) is 35.0. The van der Waals surface area contributed by atoms with Crippen molar-refractivity contribution < 1.29 is 19.4 Å². The molecule has 4 atom stereocenters. The number of nitrogens with one attached hydrogen (secondary N) is 4. The Morgan fingerprint density at radius 2 is 1.38 bits per heavy atom. The van der Waals surface area contributed by atoms with Crippen molar-refractivity contribution in [1.29, 1.82) is 0 Å². The van der Waals surface area contributed by atoms with Crippen LogP contribution in [0, 0.1) is 17.8 Å². The molecule has 2 saturated heterocycles. The maximum atomic E-state index is 13.4. The molecule has 0 aliphatic carbocycles. The van der Waals surface area contributed by atoms with Crippen molar-refractivity contribution >= 4 is 23.7 Å². The van der Waals surface area contributed by atoms with E-state index in [1.807, 2.05) is 66.4 Å². The number of nitrogens with zero attached hydrogens (tertiary/aromatic N) is 2. The zero-order valence-corrected chi connectivity index (χ0v) is 35.7. The average Bonchev–Trinajstić information content (AvgIpc) is 3.17. The van der Waals surface area contributed by atoms with Crippen LogP contribution in [0.4, 0.5) is 9.59 Å². The van der Waals surface area contributed by atoms with E-state index < -0.39 is 5.60 Å². The minimum Gasteiger partial charge on any atom is -0.385 e. The Bertz CT molecular complexity index is 1390. The number of methoxy groups -OCH3 is 1. The van der Waals surface area contributed by atoms with E-state index in [1.165, 1.54) is 6.42 Å². The molecule has 2 heterocycles. The van der Waals surface area contributed by atoms with Crippen molar-refractivity contribution in [3.63, 3.8) is 0 Å². The third-order valence-electron chi connectivity index (χ3n) is 10.8. The molecule has 4 amide bonds. The number of likely N-dealkylation sites (tertiary alicyclic amines) is 2. The largest absolute Gasteiger partial charge is 0.385 e. The minimum atomic E-state index is -1.08. The van der Waals surface area contributed by atoms with Gasteiger partial charge in [0.2, 0.25) is 0 Å². The maximum absolute atomic E-state index is 13.4. The van der Waals surface area contributed by atoms with Gasteiger partial charge in [-0.25, -0.2) is 9.59 Å². The Hall–Kier alpha value is -2.89. The van der Waals surface area contributed by atoms with E-state index in [0.717, 1.165) is 94.2 Å². The molecule has 2 aliphatic heterocycles. The molecule has 310 valence electrons. The summed E-state index contributed by atoms with van der Waals surface area (Å²) >= 11 is 6.17. The molecule has 0 bridgehead atoms. The van der Waals surface area contributed by atoms with Gasteiger partial charge in [0.05, 0.1) is 5.60 Å². The Labute approximate surface area is 337 Å². The Kier molecular flexibility index (Phi) is 20.9. The predicted molar refractivity (Wildman–Crippen MR) is 228 cm³/mol. The van der Waals surface area contributed by atoms with Crippen LogP contribution in [0.15, 0.2) is 48.5 Å². The number of ether oxygens (including phenoxy) is 1. The minimum absolute atomic E-state index is 0.0386. The third kappa shape index (κ3) is 15.5. The van der Waals surface area contributed by atoms with Crippen molar-refractivity contribution in [3.05, 3.63) is 59.1 Å². The fourth-order valence-corrected chi connectivity index (χ4v) is 8.27. The maximum Gasteiger partial charge on any atom is 0.317 e. The highest BCUT2D eigenvalue weighted by atomic mass is 35.5. The van der Waals surface area contributed by atoms with Crippen LogP contribution in [0.1, 0.15) is 97.5 Å². The van der Waals surface area contributed by atoms with Gasteiger partial charge in [-0.1, -0.05) is 75.7 Å². The number of hydrogen-bond donors (Lipinski definition) is 5. The Morgan fingerprint density at radius 3 is 1.95 bits per heavy atom. The van der Waals surface area contributed by atoms with E-state index in [-0.39, 0.29) is 30.1 Å². The lowest BCUT2D eigenvalue weighted by Crippen LogP contribution is -2.54. The number of rotatable bonds is 18. The monoisotopic (exact) mass is 785 g/mol. The molecule has 0 aromatic heterocycles. The third-order valence-corrected chi connectivity index (χ3v) is 11.1. The summed E-state index contributed by atoms with van der Waals surface area (Å²) in [6.45, 7) is 14.0. The first-order valence-electron chi connectivity index (χ1n) is 20.9. The first kappa shape index (κ1) is 46.5. The highest BCUT2D eigenvalue weighted by Crippen LogP contribution is 2.43. The van der Waals surface area contributed by atoms with E-state index in [1.54, 1.807) is 7.11 Å². The molecule has 0 saturated carbocycles. The van der Waals surface area contributed by atoms with Gasteiger partial charge in [0.15, 0.2) is 0 Å². The summed E-state index contributed by atoms with van der Waals surface area (Å²) in [5.74, 6) is 1.02. The number of aliphatic hydroxyl groups is 1. The number of carbonyl (C=O) groups excluding carboxylic acids is 2. The van der Waals surface area contributed by atoms with Crippen LogP contribution in [0.2, 0.25) is 5.02 Å². The molecule has 2 aromatic rings. The summed E-state index contributed by atoms with van der Waals surface area (Å²) in [6, 6.07) is 16.3. The predicted octanol–water partition coefficient (Wildman–Crippen LogP) is 7.88. The molecule has 11 heteroatoms. The second kappa shape index (κ2) is 24.7. The van der Waals surface area contributed by atoms with Crippen LogP contribution in [0.5, 0.6) is 0 Å². The van der Waals surface area contributed by atoms with Gasteiger partial charge >= 0.3 is 12.1 Å². The molecule has 5 N–H and O–H groups in total. The van der Waals surface area contributed by atoms with Crippen LogP contribution in [-0.2, 0) is 10.3 Å². The van der Waals surface area contributed by atoms with Crippen LogP contribution in [0.25, 0.3) is 11.1 Å². The first-order chi connectivity index (χ1) is 26.4. The van der Waals surface area contributed by atoms with Gasteiger partial charge in [0, 0.05) is 76.0 Å². The Morgan fingerprint density at radius 1 is 0.818 bits per heavy atom. The lowest BCUT2D eigenvalue weighted by Gasteiger charge is -2.44. The number of unbranched alkanes of at least 4 members (excludes halogenated alkanes) is 1. The molecule has 4 rings (SSSR count). The van der Waals surface area contributed by atoms with Crippen LogP contribution in [-0.4, -0.2) is 106 Å². The summed E-state index contributed by atoms with van der Waals surface area (Å²) in [5.41, 5.74) is 1.87. The van der Waals surface area contributed by atoms with E-state index in [2.05, 4.69) is 55.0 Å². The lowest BCUT2D eigenvalue weighted by atomic mass is 9.72. The number of hydrogen-bond acceptors (Lipinski definition) is 6. The zero-order chi connectivity index (χ0) is 40.2. The highest BCUT2D eigenvalue weighted by molar-refractivity contribution is 6.30. The summed E-state index contributed by atoms with van der Waals surface area (Å²) in [6.07, 6.45) is 9.55. The van der Waals surface area contributed by atoms with Crippen molar-refractivity contribution in [2.45, 2.75) is 110 Å². The summed E-state index contributed by atoms with van der Waals surface area (Å²) in [4.78, 5) is 29.3. The fraction of sp³-hybridized carbons (Fsp3) is 0.682. The van der Waals surface area contributed by atoms with Gasteiger partial charge < -0.3 is 40.9 Å². The van der Waals surface area contributed by atoms with E-state index in [4.69, 9.17) is 16.3 Å². The molecule has 2 fully saturated rings. The standard InChI is InChI=1S/C31H46ClN3O3.C13H27N3O/c1-23(2)20-27(21-33-3)34-30(36)35-18-9-10-25(22-35)31(37,17-7-8-19-38-4)29-12-6-5-11-28(29)24-13-15-26(32)16-14-24;1-11(2)9-12(10-14-3)15-13(17)16-7-5-4-6-8-16/h5-6,11-16,23,25,27,33,37H,7-10,17-22H2,1-4H3,(H,34,36);11-12,14H,4-10H2,1-3H3,(H,15,17)/t25-,27+,31+;12-/m10/s1. The van der Waals surface area contributed by atoms with Crippen LogP contribution >= 0.6 is 11.6 Å². The molecular weight excluding hydrogens is 712 g/mol. The quantitative estimate of drug-likeness (QED) is 0.0983. The van der Waals surface area contributed by atoms with Crippen molar-refractivity contribution in [2.24, 2.45) is 17.8 Å². The van der Waals surface area contributed by atoms with Crippen molar-refractivity contribution in [3.8, 4) is 11.1 Å². The normalized spacial score (nSPS) is 18.3. The molecular formula is C44H73ClN6O4. The summed E-state index contributed by atoms with van der Waals surface area (Å²) < 4.78 is 5.28. The molecule has 0 spiro atoms. The number of amides is 4. The molecule has 0 radical (unpaired) electrons. The fourth-order valence-electron chi connectivity index (χ4n) is 8.14. The van der Waals surface area contributed by atoms with Crippen molar-refractivity contribution in [1.82, 2.24) is 31.1 Å². The average molecular weight is 786 g/mol. The summed E-state index contributed by atoms with van der Waals surface area (Å²) in [7, 11) is 5.55. The van der Waals surface area contributed by atoms with E-state index >= 15 is 0 Å². The molecule has 0 unspecified atom stereocenters. The second-order valence-electron chi connectivity index (χ2n) is 16.4. The summed E-state index contributed by atoms with van der Waals surface area (Å²) in [5, 5.41) is 26.0. The van der Waals surface area contributed by atoms with E-state index in [9.17, 15) is 14.7 Å². The van der Waals surface area contributed by atoms with Gasteiger partial charge in [0.1, 0.15) is 0 Å². The second-order valence-corrected chi connectivity index (χ2v) is 16.9. The van der Waals surface area contributed by atoms with Gasteiger partial charge in [0.25, 0.3) is 0 Å². The number of benzene rings is 2. The van der Waals surface area contributed by atoms with Crippen LogP contribution < -0.4 is 21.3 Å². The number of carbonyl (C=O) groups is 2. The number of halogens is 1. The van der Waals surface area contributed by atoms with Gasteiger partial charge in [-0.05, 0) is 119 Å². The number of likely N-dealkylation sites (N-methyl/N-ethyl adjacent to an activating group) is 2. The van der Waals surface area contributed by atoms with Gasteiger partial charge in [-0.2, -0.15) is 0 Å². The molecule has 55 heavy (non-hydrogen) atoms. The molecule has 2 aliphatic rings. The molecule has 10 nitrogen and oxygen atoms in total. The Balaban J connectivity index is 0.000000399. The van der Waals surface area contributed by atoms with Gasteiger partial charge in [-0.3, -0.25) is 0 Å².